The Bertz CT molecular complexity index is 595. The summed E-state index contributed by atoms with van der Waals surface area (Å²) >= 11 is 6.11. The SMILES string of the molecule is Cc1c(-c2cc(N)no2)cc(Cl)c2c1OCO2. The topological polar surface area (TPSA) is 70.5 Å². The number of benzene rings is 1. The van der Waals surface area contributed by atoms with Crippen LogP contribution in [0.2, 0.25) is 5.02 Å². The van der Waals surface area contributed by atoms with Gasteiger partial charge in [-0.1, -0.05) is 16.8 Å². The highest BCUT2D eigenvalue weighted by atomic mass is 35.5. The number of nitrogens with zero attached hydrogens (tertiary/aromatic N) is 1. The van der Waals surface area contributed by atoms with Gasteiger partial charge in [-0.2, -0.15) is 0 Å². The summed E-state index contributed by atoms with van der Waals surface area (Å²) in [4.78, 5) is 0. The average Bonchev–Trinajstić information content (AvgIpc) is 2.91. The molecule has 1 aliphatic heterocycles. The molecule has 0 bridgehead atoms. The molecule has 0 atom stereocenters. The molecule has 1 aromatic carbocycles. The number of hydrogen-bond donors (Lipinski definition) is 1. The van der Waals surface area contributed by atoms with Crippen LogP contribution in [0.25, 0.3) is 11.3 Å². The molecule has 0 spiro atoms. The van der Waals surface area contributed by atoms with Crippen molar-refractivity contribution >= 4 is 17.4 Å². The molecule has 88 valence electrons. The largest absolute Gasteiger partial charge is 0.453 e. The molecule has 6 heteroatoms. The summed E-state index contributed by atoms with van der Waals surface area (Å²) in [5.41, 5.74) is 7.21. The predicted molar refractivity (Wildman–Crippen MR) is 62.2 cm³/mol. The lowest BCUT2D eigenvalue weighted by molar-refractivity contribution is 0.173. The molecule has 0 saturated heterocycles. The van der Waals surface area contributed by atoms with Crippen molar-refractivity contribution in [3.63, 3.8) is 0 Å². The third-order valence-electron chi connectivity index (χ3n) is 2.64. The van der Waals surface area contributed by atoms with Crippen molar-refractivity contribution in [2.75, 3.05) is 12.5 Å². The first-order valence-electron chi connectivity index (χ1n) is 4.98. The van der Waals surface area contributed by atoms with Crippen LogP contribution >= 0.6 is 11.6 Å². The van der Waals surface area contributed by atoms with Crippen LogP contribution in [0.5, 0.6) is 11.5 Å². The number of nitrogens with two attached hydrogens (primary N) is 1. The smallest absolute Gasteiger partial charge is 0.231 e. The maximum Gasteiger partial charge on any atom is 0.231 e. The van der Waals surface area contributed by atoms with E-state index >= 15 is 0 Å². The zero-order valence-electron chi connectivity index (χ0n) is 8.99. The molecule has 5 nitrogen and oxygen atoms in total. The zero-order chi connectivity index (χ0) is 12.0. The summed E-state index contributed by atoms with van der Waals surface area (Å²) < 4.78 is 15.8. The number of rotatable bonds is 1. The van der Waals surface area contributed by atoms with E-state index in [4.69, 9.17) is 31.3 Å². The number of fused-ring (bicyclic) bond motifs is 1. The predicted octanol–water partition coefficient (Wildman–Crippen LogP) is 2.61. The lowest BCUT2D eigenvalue weighted by atomic mass is 10.0. The van der Waals surface area contributed by atoms with Crippen LogP contribution in [0.15, 0.2) is 16.7 Å². The first-order valence-corrected chi connectivity index (χ1v) is 5.36. The fourth-order valence-electron chi connectivity index (χ4n) is 1.83. The Labute approximate surface area is 102 Å². The Morgan fingerprint density at radius 2 is 2.06 bits per heavy atom. The molecule has 0 saturated carbocycles. The average molecular weight is 253 g/mol. The highest BCUT2D eigenvalue weighted by Crippen LogP contribution is 2.45. The van der Waals surface area contributed by atoms with Gasteiger partial charge in [-0.25, -0.2) is 0 Å². The Hall–Kier alpha value is -1.88. The molecule has 0 fully saturated rings. The summed E-state index contributed by atoms with van der Waals surface area (Å²) in [6, 6.07) is 3.39. The highest BCUT2D eigenvalue weighted by molar-refractivity contribution is 6.32. The van der Waals surface area contributed by atoms with Gasteiger partial charge in [-0.15, -0.1) is 0 Å². The van der Waals surface area contributed by atoms with E-state index in [1.165, 1.54) is 0 Å². The summed E-state index contributed by atoms with van der Waals surface area (Å²) in [6.45, 7) is 2.08. The number of nitrogen functional groups attached to an aromatic ring is 1. The fraction of sp³-hybridized carbons (Fsp3) is 0.182. The number of ether oxygens (including phenoxy) is 2. The van der Waals surface area contributed by atoms with Crippen molar-refractivity contribution in [1.82, 2.24) is 5.16 Å². The Balaban J connectivity index is 2.22. The third-order valence-corrected chi connectivity index (χ3v) is 2.92. The number of hydrogen-bond acceptors (Lipinski definition) is 5. The molecule has 0 unspecified atom stereocenters. The summed E-state index contributed by atoms with van der Waals surface area (Å²) in [7, 11) is 0. The van der Waals surface area contributed by atoms with Crippen LogP contribution < -0.4 is 15.2 Å². The lowest BCUT2D eigenvalue weighted by Crippen LogP contribution is -1.93. The van der Waals surface area contributed by atoms with Gasteiger partial charge in [-0.3, -0.25) is 0 Å². The van der Waals surface area contributed by atoms with Gasteiger partial charge in [0.05, 0.1) is 5.02 Å². The lowest BCUT2D eigenvalue weighted by Gasteiger charge is -2.07. The summed E-state index contributed by atoms with van der Waals surface area (Å²) in [6.07, 6.45) is 0. The second kappa shape index (κ2) is 3.56. The molecule has 2 N–H and O–H groups in total. The van der Waals surface area contributed by atoms with Gasteiger partial charge in [0.15, 0.2) is 23.1 Å². The standard InChI is InChI=1S/C11H9ClN2O3/c1-5-6(8-3-9(13)14-17-8)2-7(12)11-10(5)15-4-16-11/h2-3H,4H2,1H3,(H2,13,14). The van der Waals surface area contributed by atoms with Gasteiger partial charge in [0.1, 0.15) is 0 Å². The minimum absolute atomic E-state index is 0.178. The number of anilines is 1. The fourth-order valence-corrected chi connectivity index (χ4v) is 2.08. The molecule has 2 aromatic rings. The van der Waals surface area contributed by atoms with Crippen LogP contribution in [-0.2, 0) is 0 Å². The zero-order valence-corrected chi connectivity index (χ0v) is 9.75. The van der Waals surface area contributed by atoms with Gasteiger partial charge in [0.25, 0.3) is 0 Å². The normalized spacial score (nSPS) is 13.1. The van der Waals surface area contributed by atoms with Gasteiger partial charge in [0.2, 0.25) is 6.79 Å². The first-order chi connectivity index (χ1) is 8.16. The van der Waals surface area contributed by atoms with Crippen molar-refractivity contribution in [1.29, 1.82) is 0 Å². The first kappa shape index (κ1) is 10.3. The molecule has 1 aromatic heterocycles. The monoisotopic (exact) mass is 252 g/mol. The third kappa shape index (κ3) is 1.51. The Morgan fingerprint density at radius 3 is 2.76 bits per heavy atom. The minimum atomic E-state index is 0.178. The van der Waals surface area contributed by atoms with Crippen molar-refractivity contribution in [3.05, 3.63) is 22.7 Å². The van der Waals surface area contributed by atoms with E-state index in [2.05, 4.69) is 5.16 Å². The van der Waals surface area contributed by atoms with E-state index in [0.717, 1.165) is 11.1 Å². The quantitative estimate of drug-likeness (QED) is 0.845. The van der Waals surface area contributed by atoms with Crippen LogP contribution in [0.4, 0.5) is 5.82 Å². The molecule has 0 radical (unpaired) electrons. The maximum absolute atomic E-state index is 6.11. The van der Waals surface area contributed by atoms with Crippen LogP contribution in [0, 0.1) is 6.92 Å². The molecule has 17 heavy (non-hydrogen) atoms. The summed E-state index contributed by atoms with van der Waals surface area (Å²) in [5, 5.41) is 4.12. The van der Waals surface area contributed by atoms with Crippen molar-refractivity contribution in [3.8, 4) is 22.8 Å². The Morgan fingerprint density at radius 1 is 1.29 bits per heavy atom. The highest BCUT2D eigenvalue weighted by Gasteiger charge is 2.24. The Kier molecular flexibility index (Phi) is 2.16. The van der Waals surface area contributed by atoms with Crippen molar-refractivity contribution in [2.45, 2.75) is 6.92 Å². The van der Waals surface area contributed by atoms with Crippen molar-refractivity contribution in [2.24, 2.45) is 0 Å². The minimum Gasteiger partial charge on any atom is -0.453 e. The van der Waals surface area contributed by atoms with E-state index in [0.29, 0.717) is 28.1 Å². The molecule has 3 rings (SSSR count). The van der Waals surface area contributed by atoms with Gasteiger partial charge >= 0.3 is 0 Å². The van der Waals surface area contributed by atoms with E-state index in [-0.39, 0.29) is 6.79 Å². The van der Waals surface area contributed by atoms with Crippen LogP contribution in [-0.4, -0.2) is 11.9 Å². The molecule has 0 aliphatic carbocycles. The van der Waals surface area contributed by atoms with Crippen LogP contribution in [0.1, 0.15) is 5.56 Å². The number of halogens is 1. The molecule has 2 heterocycles. The molecule has 0 amide bonds. The number of aromatic nitrogens is 1. The van der Waals surface area contributed by atoms with E-state index in [1.54, 1.807) is 12.1 Å². The van der Waals surface area contributed by atoms with E-state index < -0.39 is 0 Å². The second-order valence-corrected chi connectivity index (χ2v) is 4.12. The maximum atomic E-state index is 6.11. The van der Waals surface area contributed by atoms with Crippen molar-refractivity contribution < 1.29 is 14.0 Å². The van der Waals surface area contributed by atoms with Gasteiger partial charge < -0.3 is 19.7 Å². The van der Waals surface area contributed by atoms with E-state index in [9.17, 15) is 0 Å². The van der Waals surface area contributed by atoms with Gasteiger partial charge in [-0.05, 0) is 13.0 Å². The van der Waals surface area contributed by atoms with Gasteiger partial charge in [0, 0.05) is 17.2 Å². The molecule has 1 aliphatic rings. The molecular weight excluding hydrogens is 244 g/mol. The van der Waals surface area contributed by atoms with Crippen LogP contribution in [0.3, 0.4) is 0 Å². The second-order valence-electron chi connectivity index (χ2n) is 3.71. The summed E-state index contributed by atoms with van der Waals surface area (Å²) in [5.74, 6) is 2.09. The van der Waals surface area contributed by atoms with E-state index in [1.807, 2.05) is 6.92 Å². The molecular formula is C11H9ClN2O3.